The van der Waals surface area contributed by atoms with Gasteiger partial charge in [-0.3, -0.25) is 9.59 Å². The molecule has 0 saturated heterocycles. The van der Waals surface area contributed by atoms with Crippen LogP contribution in [0, 0.1) is 34.0 Å². The molecule has 0 spiro atoms. The highest BCUT2D eigenvalue weighted by Crippen LogP contribution is 2.67. The van der Waals surface area contributed by atoms with Crippen LogP contribution in [0.15, 0.2) is 12.7 Å². The number of ketones is 1. The molecule has 3 amide bonds. The molecule has 3 fully saturated rings. The molecular formula is C26H40N2O7. The van der Waals surface area contributed by atoms with Crippen LogP contribution >= 0.6 is 0 Å². The molecule has 3 aliphatic rings. The maximum Gasteiger partial charge on any atom is 0.416 e. The predicted octanol–water partition coefficient (Wildman–Crippen LogP) is 3.35. The van der Waals surface area contributed by atoms with Gasteiger partial charge in [-0.1, -0.05) is 33.8 Å². The average Bonchev–Trinajstić information content (AvgIpc) is 3.15. The number of alkyl carbamates (subject to hydrolysis) is 2. The Hall–Kier alpha value is -2.42. The second kappa shape index (κ2) is 9.91. The van der Waals surface area contributed by atoms with Gasteiger partial charge in [0.1, 0.15) is 18.5 Å². The monoisotopic (exact) mass is 492 g/mol. The molecule has 3 N–H and O–H groups in total. The van der Waals surface area contributed by atoms with E-state index in [0.717, 1.165) is 12.8 Å². The number of nitrogens with one attached hydrogen (secondary N) is 2. The lowest BCUT2D eigenvalue weighted by molar-refractivity contribution is -0.191. The summed E-state index contributed by atoms with van der Waals surface area (Å²) in [5, 5.41) is 16.1. The van der Waals surface area contributed by atoms with Crippen molar-refractivity contribution in [2.75, 3.05) is 13.2 Å². The minimum atomic E-state index is -0.987. The lowest BCUT2D eigenvalue weighted by Crippen LogP contribution is -2.63. The Morgan fingerprint density at radius 1 is 1.20 bits per heavy atom. The summed E-state index contributed by atoms with van der Waals surface area (Å²) >= 11 is 0. The van der Waals surface area contributed by atoms with Crippen molar-refractivity contribution >= 4 is 23.9 Å². The molecule has 0 aromatic rings. The molecule has 0 radical (unpaired) electrons. The van der Waals surface area contributed by atoms with E-state index in [4.69, 9.17) is 9.47 Å². The molecule has 2 bridgehead atoms. The van der Waals surface area contributed by atoms with Crippen LogP contribution in [-0.2, 0) is 19.1 Å². The number of rotatable bonds is 5. The minimum Gasteiger partial charge on any atom is -0.447 e. The second-order valence-corrected chi connectivity index (χ2v) is 11.2. The summed E-state index contributed by atoms with van der Waals surface area (Å²) in [5.41, 5.74) is -1.80. The van der Waals surface area contributed by atoms with E-state index < -0.39 is 35.2 Å². The Morgan fingerprint density at radius 2 is 1.89 bits per heavy atom. The number of ether oxygens (including phenoxy) is 2. The number of Topliss-reactive ketones (excluding diaryl/α,β-unsaturated/α-hetero) is 1. The number of aliphatic hydroxyl groups excluding tert-OH is 1. The van der Waals surface area contributed by atoms with E-state index in [1.807, 2.05) is 20.8 Å². The molecule has 3 saturated carbocycles. The molecule has 0 aromatic carbocycles. The first-order chi connectivity index (χ1) is 16.3. The van der Waals surface area contributed by atoms with Gasteiger partial charge in [0, 0.05) is 30.1 Å². The van der Waals surface area contributed by atoms with E-state index in [1.165, 1.54) is 6.92 Å². The van der Waals surface area contributed by atoms with E-state index in [-0.39, 0.29) is 54.4 Å². The molecule has 35 heavy (non-hydrogen) atoms. The molecule has 0 heterocycles. The zero-order valence-electron chi connectivity index (χ0n) is 21.5. The predicted molar refractivity (Wildman–Crippen MR) is 128 cm³/mol. The van der Waals surface area contributed by atoms with Crippen molar-refractivity contribution in [3.63, 3.8) is 0 Å². The molecule has 0 aliphatic heterocycles. The Labute approximate surface area is 207 Å². The van der Waals surface area contributed by atoms with Gasteiger partial charge in [-0.25, -0.2) is 14.9 Å². The fraction of sp³-hybridized carbons (Fsp3) is 0.769. The number of amides is 3. The third-order valence-electron chi connectivity index (χ3n) is 9.46. The molecular weight excluding hydrogens is 452 g/mol. The largest absolute Gasteiger partial charge is 0.447 e. The van der Waals surface area contributed by atoms with Crippen LogP contribution in [0.25, 0.3) is 0 Å². The second-order valence-electron chi connectivity index (χ2n) is 11.2. The van der Waals surface area contributed by atoms with E-state index in [1.54, 1.807) is 6.08 Å². The van der Waals surface area contributed by atoms with Gasteiger partial charge in [0.05, 0.1) is 12.6 Å². The summed E-state index contributed by atoms with van der Waals surface area (Å²) in [4.78, 5) is 49.2. The highest BCUT2D eigenvalue weighted by atomic mass is 16.6. The fourth-order valence-electron chi connectivity index (χ4n) is 7.15. The van der Waals surface area contributed by atoms with E-state index >= 15 is 0 Å². The number of carbonyl (C=O) groups excluding carboxylic acids is 4. The van der Waals surface area contributed by atoms with E-state index in [2.05, 4.69) is 24.1 Å². The molecule has 9 nitrogen and oxygen atoms in total. The smallest absolute Gasteiger partial charge is 0.416 e. The summed E-state index contributed by atoms with van der Waals surface area (Å²) < 4.78 is 10.8. The van der Waals surface area contributed by atoms with Gasteiger partial charge in [-0.2, -0.15) is 0 Å². The Bertz CT molecular complexity index is 891. The van der Waals surface area contributed by atoms with Gasteiger partial charge in [-0.15, -0.1) is 6.58 Å². The maximum atomic E-state index is 13.4. The molecule has 3 aliphatic carbocycles. The van der Waals surface area contributed by atoms with Crippen molar-refractivity contribution < 1.29 is 33.8 Å². The molecule has 1 unspecified atom stereocenters. The van der Waals surface area contributed by atoms with Gasteiger partial charge < -0.3 is 19.9 Å². The third kappa shape index (κ3) is 4.71. The van der Waals surface area contributed by atoms with E-state index in [0.29, 0.717) is 12.8 Å². The zero-order chi connectivity index (χ0) is 26.2. The summed E-state index contributed by atoms with van der Waals surface area (Å²) in [6.07, 6.45) is 1.39. The average molecular weight is 493 g/mol. The minimum absolute atomic E-state index is 0.0848. The van der Waals surface area contributed by atoms with Gasteiger partial charge in [0.2, 0.25) is 5.91 Å². The van der Waals surface area contributed by atoms with Gasteiger partial charge >= 0.3 is 12.2 Å². The molecule has 3 rings (SSSR count). The molecule has 196 valence electrons. The Kier molecular flexibility index (Phi) is 7.70. The zero-order valence-corrected chi connectivity index (χ0v) is 21.5. The van der Waals surface area contributed by atoms with Gasteiger partial charge in [0.15, 0.2) is 0 Å². The summed E-state index contributed by atoms with van der Waals surface area (Å²) in [6, 6.07) is 0. The SMILES string of the molecule is C=C[C@]1(C)C[C@@H](OC(=O)NC(=O)OCCNC(C)=O)[C@@]2(C)C(C)CC[C@]3(CCC(=O)[C@H]32)[C@@H](C)[C@@H]1O. The van der Waals surface area contributed by atoms with Crippen LogP contribution in [0.2, 0.25) is 0 Å². The number of hydrogen-bond donors (Lipinski definition) is 3. The highest BCUT2D eigenvalue weighted by molar-refractivity contribution is 5.88. The number of aliphatic hydroxyl groups is 1. The van der Waals surface area contributed by atoms with Gasteiger partial charge in [-0.05, 0) is 42.9 Å². The first-order valence-corrected chi connectivity index (χ1v) is 12.5. The Balaban J connectivity index is 1.88. The van der Waals surface area contributed by atoms with Crippen molar-refractivity contribution in [1.29, 1.82) is 0 Å². The standard InChI is InChI=1S/C26H40N2O7/c1-7-24(5)14-19(35-23(33)28-22(32)34-13-12-27-17(4)29)25(6)15(2)8-10-26(16(3)21(24)31)11-9-18(30)20(25)26/h7,15-16,19-21,31H,1,8-14H2,2-6H3,(H,27,29)(H,28,32,33)/t15?,16-,19+,20-,21-,24+,25+,26-/m0/s1. The number of carbonyl (C=O) groups is 4. The van der Waals surface area contributed by atoms with Crippen molar-refractivity contribution in [2.24, 2.45) is 34.0 Å². The lowest BCUT2D eigenvalue weighted by atomic mass is 9.44. The van der Waals surface area contributed by atoms with Crippen LogP contribution in [0.4, 0.5) is 9.59 Å². The van der Waals surface area contributed by atoms with Crippen molar-refractivity contribution in [2.45, 2.75) is 78.9 Å². The number of imide groups is 1. The van der Waals surface area contributed by atoms with Crippen LogP contribution in [0.1, 0.15) is 66.7 Å². The molecule has 8 atom stereocenters. The first-order valence-electron chi connectivity index (χ1n) is 12.5. The Morgan fingerprint density at radius 3 is 2.51 bits per heavy atom. The molecule has 0 aromatic heterocycles. The van der Waals surface area contributed by atoms with Crippen LogP contribution in [0.3, 0.4) is 0 Å². The summed E-state index contributed by atoms with van der Waals surface area (Å²) in [6.45, 7) is 13.4. The van der Waals surface area contributed by atoms with E-state index in [9.17, 15) is 24.3 Å². The van der Waals surface area contributed by atoms with Crippen molar-refractivity contribution in [3.05, 3.63) is 12.7 Å². The maximum absolute atomic E-state index is 13.4. The quantitative estimate of drug-likeness (QED) is 0.396. The molecule has 9 heteroatoms. The number of hydrogen-bond acceptors (Lipinski definition) is 7. The van der Waals surface area contributed by atoms with Crippen LogP contribution in [-0.4, -0.2) is 54.3 Å². The summed E-state index contributed by atoms with van der Waals surface area (Å²) in [7, 11) is 0. The fourth-order valence-corrected chi connectivity index (χ4v) is 7.15. The third-order valence-corrected chi connectivity index (χ3v) is 9.46. The normalized spacial score (nSPS) is 40.5. The topological polar surface area (TPSA) is 131 Å². The first kappa shape index (κ1) is 27.2. The van der Waals surface area contributed by atoms with Crippen molar-refractivity contribution in [3.8, 4) is 0 Å². The lowest BCUT2D eigenvalue weighted by Gasteiger charge is -2.61. The summed E-state index contributed by atoms with van der Waals surface area (Å²) in [5.74, 6) is -0.484. The van der Waals surface area contributed by atoms with Crippen molar-refractivity contribution in [1.82, 2.24) is 10.6 Å². The van der Waals surface area contributed by atoms with Gasteiger partial charge in [0.25, 0.3) is 0 Å². The van der Waals surface area contributed by atoms with Crippen LogP contribution in [0.5, 0.6) is 0 Å². The highest BCUT2D eigenvalue weighted by Gasteiger charge is 2.68. The van der Waals surface area contributed by atoms with Crippen LogP contribution < -0.4 is 10.6 Å².